The summed E-state index contributed by atoms with van der Waals surface area (Å²) in [6, 6.07) is 2.35. The molecule has 2 aliphatic rings. The summed E-state index contributed by atoms with van der Waals surface area (Å²) < 4.78 is 0. The van der Waals surface area contributed by atoms with Crippen LogP contribution in [0.5, 0.6) is 0 Å². The molecule has 1 aliphatic heterocycles. The zero-order chi connectivity index (χ0) is 13.4. The van der Waals surface area contributed by atoms with Crippen molar-refractivity contribution in [2.24, 2.45) is 11.7 Å². The second kappa shape index (κ2) is 4.80. The zero-order valence-electron chi connectivity index (χ0n) is 11.9. The van der Waals surface area contributed by atoms with Gasteiger partial charge >= 0.3 is 0 Å². The third-order valence-corrected chi connectivity index (χ3v) is 4.32. The Labute approximate surface area is 111 Å². The topological polar surface area (TPSA) is 56.3 Å². The Balaban J connectivity index is 1.85. The molecule has 18 heavy (non-hydrogen) atoms. The minimum Gasteiger partial charge on any atom is -0.312 e. The van der Waals surface area contributed by atoms with E-state index in [2.05, 4.69) is 36.6 Å². The molecule has 4 nitrogen and oxygen atoms in total. The van der Waals surface area contributed by atoms with Gasteiger partial charge in [0.25, 0.3) is 0 Å². The number of nitrogens with two attached hydrogens (primary N) is 1. The van der Waals surface area contributed by atoms with Crippen LogP contribution in [0.3, 0.4) is 0 Å². The first-order valence-corrected chi connectivity index (χ1v) is 7.03. The van der Waals surface area contributed by atoms with Gasteiger partial charge in [0.05, 0.1) is 6.07 Å². The lowest BCUT2D eigenvalue weighted by Crippen LogP contribution is -2.58. The molecular weight excluding hydrogens is 224 g/mol. The largest absolute Gasteiger partial charge is 0.312 e. The summed E-state index contributed by atoms with van der Waals surface area (Å²) >= 11 is 0. The lowest BCUT2D eigenvalue weighted by molar-refractivity contribution is 0.0546. The molecule has 0 aromatic rings. The fourth-order valence-electron chi connectivity index (χ4n) is 2.80. The second-order valence-electron chi connectivity index (χ2n) is 6.86. The maximum Gasteiger partial charge on any atom is 0.119 e. The van der Waals surface area contributed by atoms with Gasteiger partial charge in [-0.15, -0.1) is 0 Å². The number of piperazine rings is 1. The van der Waals surface area contributed by atoms with Gasteiger partial charge in [-0.1, -0.05) is 0 Å². The molecular formula is C14H26N4. The Morgan fingerprint density at radius 2 is 1.72 bits per heavy atom. The van der Waals surface area contributed by atoms with Gasteiger partial charge in [0.2, 0.25) is 0 Å². The third-order valence-electron chi connectivity index (χ3n) is 4.32. The highest BCUT2D eigenvalue weighted by atomic mass is 15.3. The first-order chi connectivity index (χ1) is 8.35. The fraction of sp³-hybridized carbons (Fsp3) is 0.929. The monoisotopic (exact) mass is 250 g/mol. The molecule has 102 valence electrons. The van der Waals surface area contributed by atoms with E-state index < -0.39 is 5.54 Å². The molecule has 4 heteroatoms. The lowest BCUT2D eigenvalue weighted by atomic mass is 9.95. The first-order valence-electron chi connectivity index (χ1n) is 7.03. The summed E-state index contributed by atoms with van der Waals surface area (Å²) in [5, 5.41) is 9.30. The highest BCUT2D eigenvalue weighted by Gasteiger charge is 2.44. The van der Waals surface area contributed by atoms with Gasteiger partial charge in [0, 0.05) is 38.3 Å². The van der Waals surface area contributed by atoms with Crippen LogP contribution in [0.1, 0.15) is 33.6 Å². The van der Waals surface area contributed by atoms with Crippen molar-refractivity contribution in [3.05, 3.63) is 0 Å². The number of rotatable bonds is 3. The fourth-order valence-corrected chi connectivity index (χ4v) is 2.80. The average molecular weight is 250 g/mol. The van der Waals surface area contributed by atoms with E-state index in [4.69, 9.17) is 5.73 Å². The van der Waals surface area contributed by atoms with Crippen molar-refractivity contribution in [1.29, 1.82) is 5.26 Å². The predicted molar refractivity (Wildman–Crippen MR) is 73.0 cm³/mol. The van der Waals surface area contributed by atoms with Crippen LogP contribution in [0.15, 0.2) is 0 Å². The van der Waals surface area contributed by atoms with Crippen molar-refractivity contribution in [1.82, 2.24) is 9.80 Å². The summed E-state index contributed by atoms with van der Waals surface area (Å²) in [5.41, 5.74) is 5.88. The molecule has 1 saturated carbocycles. The van der Waals surface area contributed by atoms with Crippen molar-refractivity contribution < 1.29 is 0 Å². The molecule has 0 aromatic heterocycles. The maximum atomic E-state index is 9.30. The molecule has 0 radical (unpaired) electrons. The molecule has 1 saturated heterocycles. The van der Waals surface area contributed by atoms with Crippen molar-refractivity contribution >= 4 is 0 Å². The number of nitriles is 1. The second-order valence-corrected chi connectivity index (χ2v) is 6.86. The maximum absolute atomic E-state index is 9.30. The van der Waals surface area contributed by atoms with E-state index in [9.17, 15) is 5.26 Å². The number of hydrogen-bond acceptors (Lipinski definition) is 4. The Kier molecular flexibility index (Phi) is 3.68. The van der Waals surface area contributed by atoms with Gasteiger partial charge in [-0.05, 0) is 39.5 Å². The summed E-state index contributed by atoms with van der Waals surface area (Å²) in [4.78, 5) is 4.87. The van der Waals surface area contributed by atoms with E-state index in [-0.39, 0.29) is 5.54 Å². The van der Waals surface area contributed by atoms with Crippen LogP contribution < -0.4 is 5.73 Å². The van der Waals surface area contributed by atoms with E-state index in [0.29, 0.717) is 5.92 Å². The predicted octanol–water partition coefficient (Wildman–Crippen LogP) is 1.03. The quantitative estimate of drug-likeness (QED) is 0.813. The van der Waals surface area contributed by atoms with Crippen molar-refractivity contribution in [3.8, 4) is 6.07 Å². The highest BCUT2D eigenvalue weighted by Crippen LogP contribution is 2.38. The van der Waals surface area contributed by atoms with E-state index in [1.165, 1.54) is 0 Å². The van der Waals surface area contributed by atoms with Gasteiger partial charge in [-0.2, -0.15) is 5.26 Å². The number of hydrogen-bond donors (Lipinski definition) is 1. The van der Waals surface area contributed by atoms with Gasteiger partial charge in [-0.25, -0.2) is 0 Å². The van der Waals surface area contributed by atoms with Crippen LogP contribution in [-0.2, 0) is 0 Å². The molecule has 1 unspecified atom stereocenters. The summed E-state index contributed by atoms with van der Waals surface area (Å²) in [7, 11) is 0. The standard InChI is InChI=1S/C14H26N4/c1-13(2,3)18-8-6-17(7-9-18)11-14(16,10-15)12-4-5-12/h12H,4-9,11,16H2,1-3H3. The highest BCUT2D eigenvalue weighted by molar-refractivity contribution is 5.15. The van der Waals surface area contributed by atoms with Gasteiger partial charge < -0.3 is 5.73 Å². The lowest BCUT2D eigenvalue weighted by Gasteiger charge is -2.43. The molecule has 1 heterocycles. The molecule has 2 rings (SSSR count). The molecule has 0 spiro atoms. The van der Waals surface area contributed by atoms with E-state index in [0.717, 1.165) is 45.6 Å². The normalized spacial score (nSPS) is 26.6. The van der Waals surface area contributed by atoms with Crippen molar-refractivity contribution in [3.63, 3.8) is 0 Å². The zero-order valence-corrected chi connectivity index (χ0v) is 11.9. The third kappa shape index (κ3) is 3.03. The summed E-state index contributed by atoms with van der Waals surface area (Å²) in [6.07, 6.45) is 2.26. The number of nitrogens with zero attached hydrogens (tertiary/aromatic N) is 3. The molecule has 0 aromatic carbocycles. The Bertz CT molecular complexity index is 329. The molecule has 0 amide bonds. The van der Waals surface area contributed by atoms with Gasteiger partial charge in [-0.3, -0.25) is 9.80 Å². The molecule has 2 N–H and O–H groups in total. The van der Waals surface area contributed by atoms with E-state index in [1.807, 2.05) is 0 Å². The Hall–Kier alpha value is -0.630. The van der Waals surface area contributed by atoms with Gasteiger partial charge in [0.15, 0.2) is 0 Å². The van der Waals surface area contributed by atoms with Crippen LogP contribution in [0.2, 0.25) is 0 Å². The van der Waals surface area contributed by atoms with Crippen LogP contribution >= 0.6 is 0 Å². The van der Waals surface area contributed by atoms with E-state index >= 15 is 0 Å². The summed E-state index contributed by atoms with van der Waals surface area (Å²) in [6.45, 7) is 11.7. The van der Waals surface area contributed by atoms with Crippen LogP contribution in [0, 0.1) is 17.2 Å². The van der Waals surface area contributed by atoms with Gasteiger partial charge in [0.1, 0.15) is 5.54 Å². The van der Waals surface area contributed by atoms with Crippen molar-refractivity contribution in [2.45, 2.75) is 44.7 Å². The first kappa shape index (κ1) is 13.8. The molecule has 0 bridgehead atoms. The smallest absolute Gasteiger partial charge is 0.119 e. The summed E-state index contributed by atoms with van der Waals surface area (Å²) in [5.74, 6) is 0.433. The molecule has 1 aliphatic carbocycles. The minimum atomic E-state index is -0.607. The van der Waals surface area contributed by atoms with Crippen LogP contribution in [0.25, 0.3) is 0 Å². The molecule has 2 fully saturated rings. The minimum absolute atomic E-state index is 0.248. The molecule has 1 atom stereocenters. The Morgan fingerprint density at radius 1 is 1.17 bits per heavy atom. The average Bonchev–Trinajstić information content (AvgIpc) is 3.12. The van der Waals surface area contributed by atoms with Crippen LogP contribution in [-0.4, -0.2) is 53.6 Å². The van der Waals surface area contributed by atoms with E-state index in [1.54, 1.807) is 0 Å². The SMILES string of the molecule is CC(C)(C)N1CCN(CC(N)(C#N)C2CC2)CC1. The van der Waals surface area contributed by atoms with Crippen LogP contribution in [0.4, 0.5) is 0 Å². The Morgan fingerprint density at radius 3 is 2.11 bits per heavy atom. The van der Waals surface area contributed by atoms with Crippen molar-refractivity contribution in [2.75, 3.05) is 32.7 Å².